The number of nitrogens with zero attached hydrogens (tertiary/aromatic N) is 5. The Morgan fingerprint density at radius 3 is 2.83 bits per heavy atom. The number of hydrogen-bond donors (Lipinski definition) is 1. The predicted molar refractivity (Wildman–Crippen MR) is 87.4 cm³/mol. The third kappa shape index (κ3) is 3.14. The first-order valence-corrected chi connectivity index (χ1v) is 8.21. The summed E-state index contributed by atoms with van der Waals surface area (Å²) in [6.45, 7) is 2.07. The Bertz CT molecular complexity index is 829. The molecule has 1 heterocycles. The van der Waals surface area contributed by atoms with Crippen molar-refractivity contribution in [3.8, 4) is 5.69 Å². The van der Waals surface area contributed by atoms with Crippen molar-refractivity contribution in [1.29, 1.82) is 0 Å². The van der Waals surface area contributed by atoms with Gasteiger partial charge in [0.25, 0.3) is 5.49 Å². The number of rotatable bonds is 3. The van der Waals surface area contributed by atoms with Crippen molar-refractivity contribution in [3.63, 3.8) is 0 Å². The lowest BCUT2D eigenvalue weighted by molar-refractivity contribution is -0.391. The number of hydrogen-bond acceptors (Lipinski definition) is 5. The van der Waals surface area contributed by atoms with Gasteiger partial charge in [0.05, 0.1) is 11.1 Å². The summed E-state index contributed by atoms with van der Waals surface area (Å²) >= 11 is 5.94. The molecule has 0 bridgehead atoms. The molecule has 0 unspecified atom stereocenters. The first kappa shape index (κ1) is 16.5. The summed E-state index contributed by atoms with van der Waals surface area (Å²) in [5.41, 5.74) is 0.268. The van der Waals surface area contributed by atoms with E-state index in [2.05, 4.69) is 17.0 Å². The number of aromatic nitrogens is 3. The third-order valence-electron chi connectivity index (χ3n) is 4.32. The van der Waals surface area contributed by atoms with Gasteiger partial charge < -0.3 is 15.3 Å². The normalized spacial score (nSPS) is 21.8. The van der Waals surface area contributed by atoms with Gasteiger partial charge in [-0.2, -0.15) is 0 Å². The zero-order chi connectivity index (χ0) is 17.3. The van der Waals surface area contributed by atoms with E-state index in [4.69, 9.17) is 11.6 Å². The molecule has 0 saturated heterocycles. The molecule has 1 saturated carbocycles. The van der Waals surface area contributed by atoms with Crippen LogP contribution in [0, 0.1) is 16.0 Å². The van der Waals surface area contributed by atoms with Crippen LogP contribution < -0.4 is 5.49 Å². The number of benzene rings is 1. The standard InChI is InChI=1S/C15H18ClN5O3/c1-10-5-2-3-8-13(10)17-14-15(21(23)24)18-19(20(14)22)12-7-4-6-11(16)9-12/h4,6-7,9-10,13,22H,2-3,5,8H2,1H3/t10-,13-/m0/s1. The van der Waals surface area contributed by atoms with Gasteiger partial charge in [0.2, 0.25) is 0 Å². The molecular formula is C15H18ClN5O3. The summed E-state index contributed by atoms with van der Waals surface area (Å²) in [4.78, 5) is 16.8. The highest BCUT2D eigenvalue weighted by molar-refractivity contribution is 6.30. The minimum atomic E-state index is -0.639. The average Bonchev–Trinajstić information content (AvgIpc) is 2.87. The van der Waals surface area contributed by atoms with Crippen molar-refractivity contribution >= 4 is 17.4 Å². The zero-order valence-electron chi connectivity index (χ0n) is 13.2. The first-order chi connectivity index (χ1) is 11.5. The van der Waals surface area contributed by atoms with E-state index in [0.29, 0.717) is 21.5 Å². The van der Waals surface area contributed by atoms with E-state index in [1.54, 1.807) is 24.3 Å². The van der Waals surface area contributed by atoms with E-state index in [0.717, 1.165) is 30.5 Å². The Labute approximate surface area is 143 Å². The molecule has 1 aromatic carbocycles. The van der Waals surface area contributed by atoms with Crippen LogP contribution in [0.15, 0.2) is 29.3 Å². The van der Waals surface area contributed by atoms with Crippen LogP contribution in [0.2, 0.25) is 5.02 Å². The van der Waals surface area contributed by atoms with E-state index in [9.17, 15) is 15.3 Å². The van der Waals surface area contributed by atoms with Crippen molar-refractivity contribution in [3.05, 3.63) is 44.9 Å². The van der Waals surface area contributed by atoms with Crippen molar-refractivity contribution in [2.75, 3.05) is 0 Å². The molecule has 0 amide bonds. The highest BCUT2D eigenvalue weighted by Gasteiger charge is 2.27. The van der Waals surface area contributed by atoms with Crippen LogP contribution in [-0.4, -0.2) is 30.9 Å². The lowest BCUT2D eigenvalue weighted by Gasteiger charge is -2.24. The van der Waals surface area contributed by atoms with E-state index in [-0.39, 0.29) is 11.5 Å². The molecule has 2 aromatic rings. The van der Waals surface area contributed by atoms with Gasteiger partial charge in [0.1, 0.15) is 5.69 Å². The summed E-state index contributed by atoms with van der Waals surface area (Å²) in [5.74, 6) is -0.164. The predicted octanol–water partition coefficient (Wildman–Crippen LogP) is 2.95. The average molecular weight is 352 g/mol. The van der Waals surface area contributed by atoms with E-state index in [1.165, 1.54) is 0 Å². The van der Waals surface area contributed by atoms with Gasteiger partial charge in [0, 0.05) is 5.02 Å². The van der Waals surface area contributed by atoms with Crippen molar-refractivity contribution in [2.24, 2.45) is 10.9 Å². The summed E-state index contributed by atoms with van der Waals surface area (Å²) < 4.78 is 0. The van der Waals surface area contributed by atoms with Gasteiger partial charge in [-0.05, 0) is 46.7 Å². The van der Waals surface area contributed by atoms with E-state index < -0.39 is 10.7 Å². The molecule has 1 N–H and O–H groups in total. The van der Waals surface area contributed by atoms with Crippen LogP contribution in [-0.2, 0) is 0 Å². The van der Waals surface area contributed by atoms with Gasteiger partial charge in [-0.15, -0.1) is 0 Å². The summed E-state index contributed by atoms with van der Waals surface area (Å²) in [5, 5.41) is 26.0. The molecule has 128 valence electrons. The smallest absolute Gasteiger partial charge is 0.409 e. The Morgan fingerprint density at radius 2 is 2.17 bits per heavy atom. The van der Waals surface area contributed by atoms with Gasteiger partial charge >= 0.3 is 5.82 Å². The van der Waals surface area contributed by atoms with Gasteiger partial charge in [0.15, 0.2) is 0 Å². The SMILES string of the molecule is C[C@H]1CCCC[C@@H]1N=c1c([N+](=O)[O-])nn(-c2cccc(Cl)c2)n1O. The summed E-state index contributed by atoms with van der Waals surface area (Å²) in [7, 11) is 0. The minimum Gasteiger partial charge on any atom is -0.409 e. The van der Waals surface area contributed by atoms with Crippen LogP contribution >= 0.6 is 11.6 Å². The Hall–Kier alpha value is -2.35. The van der Waals surface area contributed by atoms with Gasteiger partial charge in [-0.25, -0.2) is 0 Å². The lowest BCUT2D eigenvalue weighted by atomic mass is 9.86. The second-order valence-corrected chi connectivity index (χ2v) is 6.46. The quantitative estimate of drug-likeness (QED) is 0.522. The Morgan fingerprint density at radius 1 is 1.42 bits per heavy atom. The largest absolute Gasteiger partial charge is 0.438 e. The zero-order valence-corrected chi connectivity index (χ0v) is 13.9. The Balaban J connectivity index is 2.13. The molecule has 1 fully saturated rings. The summed E-state index contributed by atoms with van der Waals surface area (Å²) in [6, 6.07) is 6.47. The molecule has 0 radical (unpaired) electrons. The van der Waals surface area contributed by atoms with Crippen LogP contribution in [0.3, 0.4) is 0 Å². The van der Waals surface area contributed by atoms with E-state index in [1.807, 2.05) is 0 Å². The second kappa shape index (κ2) is 6.64. The van der Waals surface area contributed by atoms with Crippen LogP contribution in [0.1, 0.15) is 32.6 Å². The van der Waals surface area contributed by atoms with Crippen molar-refractivity contribution in [2.45, 2.75) is 38.6 Å². The highest BCUT2D eigenvalue weighted by atomic mass is 35.5. The van der Waals surface area contributed by atoms with Gasteiger partial charge in [-0.1, -0.05) is 42.3 Å². The second-order valence-electron chi connectivity index (χ2n) is 6.02. The third-order valence-corrected chi connectivity index (χ3v) is 4.56. The molecule has 3 rings (SSSR count). The van der Waals surface area contributed by atoms with Crippen LogP contribution in [0.4, 0.5) is 5.82 Å². The fourth-order valence-corrected chi connectivity index (χ4v) is 3.18. The molecule has 24 heavy (non-hydrogen) atoms. The summed E-state index contributed by atoms with van der Waals surface area (Å²) in [6.07, 6.45) is 4.03. The fourth-order valence-electron chi connectivity index (χ4n) is 3.00. The van der Waals surface area contributed by atoms with Gasteiger partial charge in [-0.3, -0.25) is 4.99 Å². The van der Waals surface area contributed by atoms with Crippen molar-refractivity contribution < 1.29 is 10.1 Å². The van der Waals surface area contributed by atoms with Crippen molar-refractivity contribution in [1.82, 2.24) is 14.7 Å². The fraction of sp³-hybridized carbons (Fsp3) is 0.467. The molecule has 9 heteroatoms. The Kier molecular flexibility index (Phi) is 4.57. The first-order valence-electron chi connectivity index (χ1n) is 7.83. The monoisotopic (exact) mass is 351 g/mol. The van der Waals surface area contributed by atoms with Crippen LogP contribution in [0.5, 0.6) is 0 Å². The number of nitro groups is 1. The molecular weight excluding hydrogens is 334 g/mol. The molecule has 0 spiro atoms. The van der Waals surface area contributed by atoms with Crippen LogP contribution in [0.25, 0.3) is 5.69 Å². The molecule has 0 aliphatic heterocycles. The maximum atomic E-state index is 11.3. The lowest BCUT2D eigenvalue weighted by Crippen LogP contribution is -2.28. The molecule has 8 nitrogen and oxygen atoms in total. The molecule has 1 aromatic heterocycles. The number of halogens is 1. The highest BCUT2D eigenvalue weighted by Crippen LogP contribution is 2.26. The molecule has 1 aliphatic rings. The molecule has 2 atom stereocenters. The van der Waals surface area contributed by atoms with E-state index >= 15 is 0 Å². The topological polar surface area (TPSA) is 98.5 Å². The maximum absolute atomic E-state index is 11.3. The molecule has 1 aliphatic carbocycles. The maximum Gasteiger partial charge on any atom is 0.438 e. The minimum absolute atomic E-state index is 0.0622.